The molecule has 0 aliphatic heterocycles. The van der Waals surface area contributed by atoms with E-state index in [1.807, 2.05) is 30.3 Å². The summed E-state index contributed by atoms with van der Waals surface area (Å²) in [6, 6.07) is 14.6. The van der Waals surface area contributed by atoms with Crippen molar-refractivity contribution in [1.82, 2.24) is 9.97 Å². The topological polar surface area (TPSA) is 37.8 Å². The standard InChI is InChI=1S/C16H11F2N3/c17-12-6-7-14(13(18)8-12)21-16-9-15(19-10-20-16)11-4-2-1-3-5-11/h1-10H,(H,19,20,21). The second kappa shape index (κ2) is 5.66. The molecule has 0 bridgehead atoms. The van der Waals surface area contributed by atoms with E-state index < -0.39 is 11.6 Å². The predicted molar refractivity (Wildman–Crippen MR) is 77.1 cm³/mol. The van der Waals surface area contributed by atoms with Crippen LogP contribution in [0.1, 0.15) is 0 Å². The Balaban J connectivity index is 1.90. The summed E-state index contributed by atoms with van der Waals surface area (Å²) in [7, 11) is 0. The van der Waals surface area contributed by atoms with Crippen molar-refractivity contribution in [3.8, 4) is 11.3 Å². The fourth-order valence-electron chi connectivity index (χ4n) is 1.92. The van der Waals surface area contributed by atoms with E-state index in [0.717, 1.165) is 17.3 Å². The number of rotatable bonds is 3. The van der Waals surface area contributed by atoms with Crippen molar-refractivity contribution in [2.45, 2.75) is 0 Å². The Morgan fingerprint density at radius 1 is 0.857 bits per heavy atom. The Labute approximate surface area is 120 Å². The third-order valence-electron chi connectivity index (χ3n) is 2.93. The number of nitrogens with one attached hydrogen (secondary N) is 1. The van der Waals surface area contributed by atoms with Crippen molar-refractivity contribution >= 4 is 11.5 Å². The number of benzene rings is 2. The molecule has 0 aliphatic carbocycles. The lowest BCUT2D eigenvalue weighted by atomic mass is 10.1. The number of nitrogens with zero attached hydrogens (tertiary/aromatic N) is 2. The molecule has 0 radical (unpaired) electrons. The summed E-state index contributed by atoms with van der Waals surface area (Å²) in [5.41, 5.74) is 1.81. The van der Waals surface area contributed by atoms with Crippen molar-refractivity contribution in [3.05, 3.63) is 72.6 Å². The van der Waals surface area contributed by atoms with Crippen molar-refractivity contribution < 1.29 is 8.78 Å². The van der Waals surface area contributed by atoms with Crippen LogP contribution in [0.4, 0.5) is 20.3 Å². The van der Waals surface area contributed by atoms with Crippen LogP contribution in [0, 0.1) is 11.6 Å². The van der Waals surface area contributed by atoms with Crippen LogP contribution in [0.15, 0.2) is 60.9 Å². The first-order chi connectivity index (χ1) is 10.2. The fraction of sp³-hybridized carbons (Fsp3) is 0. The molecule has 0 aliphatic rings. The zero-order valence-corrected chi connectivity index (χ0v) is 10.9. The van der Waals surface area contributed by atoms with Gasteiger partial charge in [-0.2, -0.15) is 0 Å². The van der Waals surface area contributed by atoms with Crippen LogP contribution < -0.4 is 5.32 Å². The van der Waals surface area contributed by atoms with Crippen molar-refractivity contribution in [3.63, 3.8) is 0 Å². The van der Waals surface area contributed by atoms with Gasteiger partial charge in [-0.25, -0.2) is 18.7 Å². The molecule has 1 N–H and O–H groups in total. The Hall–Kier alpha value is -2.82. The van der Waals surface area contributed by atoms with Crippen molar-refractivity contribution in [1.29, 1.82) is 0 Å². The minimum atomic E-state index is -0.671. The van der Waals surface area contributed by atoms with Crippen LogP contribution in [0.2, 0.25) is 0 Å². The summed E-state index contributed by atoms with van der Waals surface area (Å²) < 4.78 is 26.5. The lowest BCUT2D eigenvalue weighted by Gasteiger charge is -2.08. The van der Waals surface area contributed by atoms with Crippen LogP contribution in [-0.4, -0.2) is 9.97 Å². The minimum Gasteiger partial charge on any atom is -0.338 e. The molecule has 5 heteroatoms. The van der Waals surface area contributed by atoms with Crippen molar-refractivity contribution in [2.24, 2.45) is 0 Å². The maximum Gasteiger partial charge on any atom is 0.149 e. The van der Waals surface area contributed by atoms with Gasteiger partial charge in [0.05, 0.1) is 11.4 Å². The molecule has 21 heavy (non-hydrogen) atoms. The van der Waals surface area contributed by atoms with Gasteiger partial charge < -0.3 is 5.32 Å². The SMILES string of the molecule is Fc1ccc(Nc2cc(-c3ccccc3)ncn2)c(F)c1. The summed E-state index contributed by atoms with van der Waals surface area (Å²) in [5, 5.41) is 2.82. The molecule has 0 fully saturated rings. The largest absolute Gasteiger partial charge is 0.338 e. The molecular formula is C16H11F2N3. The number of aromatic nitrogens is 2. The molecule has 0 atom stereocenters. The Morgan fingerprint density at radius 2 is 1.67 bits per heavy atom. The zero-order chi connectivity index (χ0) is 14.7. The highest BCUT2D eigenvalue weighted by atomic mass is 19.1. The van der Waals surface area contributed by atoms with Crippen LogP contribution >= 0.6 is 0 Å². The molecule has 0 amide bonds. The second-order valence-corrected chi connectivity index (χ2v) is 4.40. The molecule has 1 heterocycles. The Bertz CT molecular complexity index is 760. The molecule has 3 nitrogen and oxygen atoms in total. The molecular weight excluding hydrogens is 272 g/mol. The van der Waals surface area contributed by atoms with E-state index in [9.17, 15) is 8.78 Å². The van der Waals surface area contributed by atoms with E-state index in [1.165, 1.54) is 18.5 Å². The highest BCUT2D eigenvalue weighted by Gasteiger charge is 2.06. The quantitative estimate of drug-likeness (QED) is 0.784. The third kappa shape index (κ3) is 3.02. The number of halogens is 2. The van der Waals surface area contributed by atoms with Crippen LogP contribution in [0.3, 0.4) is 0 Å². The van der Waals surface area contributed by atoms with Crippen LogP contribution in [0.25, 0.3) is 11.3 Å². The monoisotopic (exact) mass is 283 g/mol. The van der Waals surface area contributed by atoms with Gasteiger partial charge in [-0.3, -0.25) is 0 Å². The van der Waals surface area contributed by atoms with Crippen molar-refractivity contribution in [2.75, 3.05) is 5.32 Å². The first kappa shape index (κ1) is 13.2. The minimum absolute atomic E-state index is 0.161. The molecule has 3 aromatic rings. The van der Waals surface area contributed by atoms with E-state index in [2.05, 4.69) is 15.3 Å². The first-order valence-corrected chi connectivity index (χ1v) is 6.32. The molecule has 0 saturated carbocycles. The smallest absolute Gasteiger partial charge is 0.149 e. The average molecular weight is 283 g/mol. The fourth-order valence-corrected chi connectivity index (χ4v) is 1.92. The third-order valence-corrected chi connectivity index (χ3v) is 2.93. The van der Waals surface area contributed by atoms with Gasteiger partial charge in [0, 0.05) is 17.7 Å². The molecule has 0 saturated heterocycles. The summed E-state index contributed by atoms with van der Waals surface area (Å²) in [5.74, 6) is -0.852. The van der Waals surface area contributed by atoms with Gasteiger partial charge in [0.2, 0.25) is 0 Å². The Morgan fingerprint density at radius 3 is 2.43 bits per heavy atom. The van der Waals surface area contributed by atoms with Gasteiger partial charge in [0.1, 0.15) is 23.8 Å². The number of anilines is 2. The number of hydrogen-bond donors (Lipinski definition) is 1. The van der Waals surface area contributed by atoms with Gasteiger partial charge in [-0.05, 0) is 12.1 Å². The highest BCUT2D eigenvalue weighted by Crippen LogP contribution is 2.22. The molecule has 0 unspecified atom stereocenters. The molecule has 104 valence electrons. The second-order valence-electron chi connectivity index (χ2n) is 4.40. The summed E-state index contributed by atoms with van der Waals surface area (Å²) in [6.45, 7) is 0. The lowest BCUT2D eigenvalue weighted by Crippen LogP contribution is -1.98. The van der Waals surface area contributed by atoms with E-state index in [1.54, 1.807) is 6.07 Å². The van der Waals surface area contributed by atoms with Gasteiger partial charge in [-0.15, -0.1) is 0 Å². The van der Waals surface area contributed by atoms with E-state index in [0.29, 0.717) is 5.82 Å². The van der Waals surface area contributed by atoms with E-state index >= 15 is 0 Å². The van der Waals surface area contributed by atoms with Gasteiger partial charge in [-0.1, -0.05) is 30.3 Å². The van der Waals surface area contributed by atoms with E-state index in [4.69, 9.17) is 0 Å². The summed E-state index contributed by atoms with van der Waals surface area (Å²) >= 11 is 0. The lowest BCUT2D eigenvalue weighted by molar-refractivity contribution is 0.586. The van der Waals surface area contributed by atoms with Crippen LogP contribution in [0.5, 0.6) is 0 Å². The maximum absolute atomic E-state index is 13.6. The van der Waals surface area contributed by atoms with Gasteiger partial charge in [0.15, 0.2) is 0 Å². The predicted octanol–water partition coefficient (Wildman–Crippen LogP) is 4.17. The van der Waals surface area contributed by atoms with E-state index in [-0.39, 0.29) is 5.69 Å². The number of hydrogen-bond acceptors (Lipinski definition) is 3. The van der Waals surface area contributed by atoms with Crippen LogP contribution in [-0.2, 0) is 0 Å². The normalized spacial score (nSPS) is 10.4. The zero-order valence-electron chi connectivity index (χ0n) is 10.9. The maximum atomic E-state index is 13.6. The average Bonchev–Trinajstić information content (AvgIpc) is 2.51. The summed E-state index contributed by atoms with van der Waals surface area (Å²) in [4.78, 5) is 8.22. The van der Waals surface area contributed by atoms with Gasteiger partial charge >= 0.3 is 0 Å². The molecule has 1 aromatic heterocycles. The Kier molecular flexibility index (Phi) is 3.55. The highest BCUT2D eigenvalue weighted by molar-refractivity contribution is 5.65. The first-order valence-electron chi connectivity index (χ1n) is 6.32. The summed E-state index contributed by atoms with van der Waals surface area (Å²) in [6.07, 6.45) is 1.39. The van der Waals surface area contributed by atoms with Gasteiger partial charge in [0.25, 0.3) is 0 Å². The molecule has 2 aromatic carbocycles. The molecule has 3 rings (SSSR count). The molecule has 0 spiro atoms.